The van der Waals surface area contributed by atoms with Crippen LogP contribution < -0.4 is 5.73 Å². The molecule has 1 heterocycles. The van der Waals surface area contributed by atoms with Crippen LogP contribution in [0.2, 0.25) is 5.02 Å². The van der Waals surface area contributed by atoms with E-state index < -0.39 is 10.8 Å². The zero-order valence-electron chi connectivity index (χ0n) is 10.6. The molecule has 6 nitrogen and oxygen atoms in total. The quantitative estimate of drug-likeness (QED) is 0.861. The van der Waals surface area contributed by atoms with Crippen LogP contribution in [0.3, 0.4) is 0 Å². The Hall–Kier alpha value is -1.47. The van der Waals surface area contributed by atoms with E-state index in [2.05, 4.69) is 15.5 Å². The predicted octanol–water partition coefficient (Wildman–Crippen LogP) is 1.34. The minimum absolute atomic E-state index is 0.0353. The number of tetrazole rings is 1. The molecule has 0 aliphatic heterocycles. The van der Waals surface area contributed by atoms with Crippen LogP contribution >= 0.6 is 11.6 Å². The number of halogens is 1. The van der Waals surface area contributed by atoms with Gasteiger partial charge >= 0.3 is 0 Å². The van der Waals surface area contributed by atoms with Crippen molar-refractivity contribution in [3.63, 3.8) is 0 Å². The smallest absolute Gasteiger partial charge is 0.182 e. The molecule has 0 radical (unpaired) electrons. The average molecular weight is 300 g/mol. The Morgan fingerprint density at radius 3 is 2.89 bits per heavy atom. The molecule has 0 fully saturated rings. The maximum absolute atomic E-state index is 11.4. The summed E-state index contributed by atoms with van der Waals surface area (Å²) in [6.45, 7) is 2.37. The Labute approximate surface area is 118 Å². The van der Waals surface area contributed by atoms with Crippen LogP contribution in [0.15, 0.2) is 18.2 Å². The Morgan fingerprint density at radius 1 is 1.53 bits per heavy atom. The van der Waals surface area contributed by atoms with Gasteiger partial charge in [0, 0.05) is 22.6 Å². The molecule has 1 aromatic carbocycles. The van der Waals surface area contributed by atoms with Gasteiger partial charge in [0.05, 0.1) is 22.5 Å². The van der Waals surface area contributed by atoms with Crippen LogP contribution in [-0.4, -0.2) is 35.9 Å². The van der Waals surface area contributed by atoms with Crippen molar-refractivity contribution < 1.29 is 4.21 Å². The van der Waals surface area contributed by atoms with Crippen molar-refractivity contribution in [3.05, 3.63) is 23.2 Å². The van der Waals surface area contributed by atoms with Crippen molar-refractivity contribution in [2.45, 2.75) is 18.7 Å². The van der Waals surface area contributed by atoms with E-state index in [-0.39, 0.29) is 5.25 Å². The fraction of sp³-hybridized carbons (Fsp3) is 0.364. The summed E-state index contributed by atoms with van der Waals surface area (Å²) in [5.74, 6) is 0.584. The molecule has 2 N–H and O–H groups in total. The number of anilines is 1. The van der Waals surface area contributed by atoms with E-state index in [1.165, 1.54) is 0 Å². The van der Waals surface area contributed by atoms with Crippen LogP contribution in [0.5, 0.6) is 0 Å². The summed E-state index contributed by atoms with van der Waals surface area (Å²) in [6, 6.07) is 5.22. The summed E-state index contributed by atoms with van der Waals surface area (Å²) in [5, 5.41) is 12.0. The van der Waals surface area contributed by atoms with Gasteiger partial charge in [0.1, 0.15) is 0 Å². The predicted molar refractivity (Wildman–Crippen MR) is 76.2 cm³/mol. The second-order valence-electron chi connectivity index (χ2n) is 4.23. The molecule has 8 heteroatoms. The second-order valence-corrected chi connectivity index (χ2v) is 6.44. The van der Waals surface area contributed by atoms with E-state index >= 15 is 0 Å². The monoisotopic (exact) mass is 299 g/mol. The van der Waals surface area contributed by atoms with Gasteiger partial charge in [-0.2, -0.15) is 0 Å². The van der Waals surface area contributed by atoms with Crippen molar-refractivity contribution >= 4 is 28.1 Å². The summed E-state index contributed by atoms with van der Waals surface area (Å²) in [5.41, 5.74) is 7.02. The van der Waals surface area contributed by atoms with Crippen molar-refractivity contribution in [2.24, 2.45) is 0 Å². The number of hydrogen-bond donors (Lipinski definition) is 1. The average Bonchev–Trinajstić information content (AvgIpc) is 2.80. The first-order valence-corrected chi connectivity index (χ1v) is 7.62. The largest absolute Gasteiger partial charge is 0.398 e. The third-order valence-electron chi connectivity index (χ3n) is 2.78. The molecule has 0 spiro atoms. The number of hydrogen-bond acceptors (Lipinski definition) is 5. The zero-order chi connectivity index (χ0) is 14.0. The molecule has 2 aromatic rings. The van der Waals surface area contributed by atoms with E-state index in [9.17, 15) is 4.21 Å². The zero-order valence-corrected chi connectivity index (χ0v) is 12.1. The number of benzene rings is 1. The first-order chi connectivity index (χ1) is 8.99. The Balaban J connectivity index is 2.33. The summed E-state index contributed by atoms with van der Waals surface area (Å²) in [7, 11) is -0.930. The molecule has 19 heavy (non-hydrogen) atoms. The Bertz CT molecular complexity index is 615. The molecule has 102 valence electrons. The van der Waals surface area contributed by atoms with Crippen LogP contribution in [0, 0.1) is 0 Å². The maximum Gasteiger partial charge on any atom is 0.182 e. The lowest BCUT2D eigenvalue weighted by molar-refractivity contribution is 0.579. The summed E-state index contributed by atoms with van der Waals surface area (Å²) >= 11 is 5.88. The van der Waals surface area contributed by atoms with Crippen LogP contribution in [0.25, 0.3) is 11.4 Å². The molecule has 2 unspecified atom stereocenters. The van der Waals surface area contributed by atoms with E-state index in [0.29, 0.717) is 23.1 Å². The highest BCUT2D eigenvalue weighted by atomic mass is 35.5. The molecule has 2 rings (SSSR count). The number of nitrogen functional groups attached to an aromatic ring is 1. The molecule has 0 aliphatic carbocycles. The standard InChI is InChI=1S/C11H14ClN5OS/c1-7(19(2)18)6-17-11(14-15-16-17)8-3-4-9(12)10(13)5-8/h3-5,7H,6,13H2,1-2H3. The van der Waals surface area contributed by atoms with Gasteiger partial charge in [-0.25, -0.2) is 4.68 Å². The topological polar surface area (TPSA) is 86.7 Å². The van der Waals surface area contributed by atoms with Gasteiger partial charge in [-0.3, -0.25) is 4.21 Å². The molecule has 0 saturated heterocycles. The van der Waals surface area contributed by atoms with Crippen molar-refractivity contribution in [1.29, 1.82) is 0 Å². The third-order valence-corrected chi connectivity index (χ3v) is 4.41. The molecule has 0 bridgehead atoms. The fourth-order valence-corrected chi connectivity index (χ4v) is 2.03. The normalized spacial score (nSPS) is 14.3. The summed E-state index contributed by atoms with van der Waals surface area (Å²) in [6.07, 6.45) is 1.66. The van der Waals surface area contributed by atoms with Gasteiger partial charge in [-0.05, 0) is 35.5 Å². The highest BCUT2D eigenvalue weighted by Gasteiger charge is 2.14. The van der Waals surface area contributed by atoms with Gasteiger partial charge in [-0.1, -0.05) is 11.6 Å². The van der Waals surface area contributed by atoms with Crippen molar-refractivity contribution in [1.82, 2.24) is 20.2 Å². The minimum Gasteiger partial charge on any atom is -0.398 e. The minimum atomic E-state index is -0.930. The van der Waals surface area contributed by atoms with E-state index in [4.69, 9.17) is 17.3 Å². The molecule has 0 amide bonds. The first kappa shape index (κ1) is 14.0. The third kappa shape index (κ3) is 3.10. The fourth-order valence-electron chi connectivity index (χ4n) is 1.57. The number of rotatable bonds is 4. The van der Waals surface area contributed by atoms with Crippen LogP contribution in [0.1, 0.15) is 6.92 Å². The van der Waals surface area contributed by atoms with Crippen LogP contribution in [-0.2, 0) is 17.3 Å². The van der Waals surface area contributed by atoms with Crippen LogP contribution in [0.4, 0.5) is 5.69 Å². The second kappa shape index (κ2) is 5.66. The van der Waals surface area contributed by atoms with Gasteiger partial charge in [0.15, 0.2) is 5.82 Å². The molecule has 0 aliphatic rings. The first-order valence-electron chi connectivity index (χ1n) is 5.63. The molecule has 1 aromatic heterocycles. The van der Waals surface area contributed by atoms with E-state index in [1.54, 1.807) is 29.1 Å². The summed E-state index contributed by atoms with van der Waals surface area (Å²) < 4.78 is 13.0. The molecule has 2 atom stereocenters. The van der Waals surface area contributed by atoms with Gasteiger partial charge in [0.2, 0.25) is 0 Å². The van der Waals surface area contributed by atoms with Crippen molar-refractivity contribution in [2.75, 3.05) is 12.0 Å². The highest BCUT2D eigenvalue weighted by molar-refractivity contribution is 7.84. The lowest BCUT2D eigenvalue weighted by atomic mass is 10.2. The summed E-state index contributed by atoms with van der Waals surface area (Å²) in [4.78, 5) is 0. The number of aromatic nitrogens is 4. The molecular formula is C11H14ClN5OS. The Kier molecular flexibility index (Phi) is 4.16. The maximum atomic E-state index is 11.4. The van der Waals surface area contributed by atoms with E-state index in [1.807, 2.05) is 6.92 Å². The SMILES string of the molecule is CC(Cn1nnnc1-c1ccc(Cl)c(N)c1)S(C)=O. The highest BCUT2D eigenvalue weighted by Crippen LogP contribution is 2.25. The number of nitrogens with zero attached hydrogens (tertiary/aromatic N) is 4. The molecular weight excluding hydrogens is 286 g/mol. The number of nitrogens with two attached hydrogens (primary N) is 1. The van der Waals surface area contributed by atoms with Gasteiger partial charge in [0.25, 0.3) is 0 Å². The van der Waals surface area contributed by atoms with E-state index in [0.717, 1.165) is 5.56 Å². The van der Waals surface area contributed by atoms with Gasteiger partial charge in [-0.15, -0.1) is 5.10 Å². The lowest BCUT2D eigenvalue weighted by Gasteiger charge is -2.10. The van der Waals surface area contributed by atoms with Gasteiger partial charge < -0.3 is 5.73 Å². The Morgan fingerprint density at radius 2 is 2.26 bits per heavy atom. The molecule has 0 saturated carbocycles. The lowest BCUT2D eigenvalue weighted by Crippen LogP contribution is -2.19. The van der Waals surface area contributed by atoms with Crippen molar-refractivity contribution in [3.8, 4) is 11.4 Å².